The molecule has 0 saturated carbocycles. The average Bonchev–Trinajstić information content (AvgIpc) is 1.85. The highest BCUT2D eigenvalue weighted by molar-refractivity contribution is 7.86. The lowest BCUT2D eigenvalue weighted by atomic mass is 11.0. The second-order valence-electron chi connectivity index (χ2n) is 1.46. The maximum Gasteiger partial charge on any atom is 0.394 e. The van der Waals surface area contributed by atoms with Gasteiger partial charge in [0, 0.05) is 0 Å². The van der Waals surface area contributed by atoms with Crippen LogP contribution in [0.3, 0.4) is 0 Å². The Kier molecular flexibility index (Phi) is 6.48. The third-order valence-electron chi connectivity index (χ3n) is 0.607. The van der Waals surface area contributed by atoms with Crippen LogP contribution in [-0.2, 0) is 24.7 Å². The van der Waals surface area contributed by atoms with Crippen LogP contribution in [0.4, 0.5) is 0 Å². The Balaban J connectivity index is 0. The minimum absolute atomic E-state index is 0.0451. The van der Waals surface area contributed by atoms with E-state index in [2.05, 4.69) is 4.18 Å². The van der Waals surface area contributed by atoms with Gasteiger partial charge in [0.05, 0.1) is 12.9 Å². The van der Waals surface area contributed by atoms with Crippen molar-refractivity contribution in [3.8, 4) is 0 Å². The van der Waals surface area contributed by atoms with Gasteiger partial charge in [0.1, 0.15) is 0 Å². The lowest BCUT2D eigenvalue weighted by Gasteiger charge is -1.90. The quantitative estimate of drug-likeness (QED) is 0.469. The molecule has 0 spiro atoms. The van der Waals surface area contributed by atoms with E-state index < -0.39 is 20.5 Å². The fraction of sp³-hybridized carbons (Fsp3) is 1.00. The van der Waals surface area contributed by atoms with E-state index in [4.69, 9.17) is 17.5 Å². The minimum Gasteiger partial charge on any atom is -0.273 e. The molecule has 0 bridgehead atoms. The van der Waals surface area contributed by atoms with Gasteiger partial charge in [-0.15, -0.1) is 0 Å². The molecular weight excluding hydrogens is 212 g/mol. The molecule has 0 heterocycles. The topological polar surface area (TPSA) is 118 Å². The summed E-state index contributed by atoms with van der Waals surface area (Å²) in [6.07, 6.45) is 0. The van der Waals surface area contributed by atoms with Gasteiger partial charge >= 0.3 is 10.4 Å². The fourth-order valence-electron chi connectivity index (χ4n) is 0.118. The van der Waals surface area contributed by atoms with Gasteiger partial charge in [0.15, 0.2) is 0 Å². The van der Waals surface area contributed by atoms with Crippen LogP contribution in [0.25, 0.3) is 0 Å². The summed E-state index contributed by atoms with van der Waals surface area (Å²) in [5, 5.41) is 0. The molecule has 0 atom stereocenters. The third kappa shape index (κ3) is 22.6. The van der Waals surface area contributed by atoms with Crippen LogP contribution in [0.2, 0.25) is 0 Å². The van der Waals surface area contributed by atoms with Crippen molar-refractivity contribution in [3.63, 3.8) is 0 Å². The Morgan fingerprint density at radius 1 is 1.17 bits per heavy atom. The average molecular weight is 222 g/mol. The van der Waals surface area contributed by atoms with Gasteiger partial charge in [-0.3, -0.25) is 13.3 Å². The Labute approximate surface area is 71.1 Å². The predicted molar refractivity (Wildman–Crippen MR) is 40.6 cm³/mol. The second-order valence-corrected chi connectivity index (χ2v) is 4.38. The molecule has 0 rings (SSSR count). The zero-order valence-electron chi connectivity index (χ0n) is 6.46. The van der Waals surface area contributed by atoms with Gasteiger partial charge < -0.3 is 0 Å². The lowest BCUT2D eigenvalue weighted by Crippen LogP contribution is -2.03. The van der Waals surface area contributed by atoms with Crippen molar-refractivity contribution in [2.24, 2.45) is 0 Å². The van der Waals surface area contributed by atoms with Crippen LogP contribution in [0.15, 0.2) is 0 Å². The zero-order chi connectivity index (χ0) is 10.4. The molecule has 0 unspecified atom stereocenters. The van der Waals surface area contributed by atoms with Crippen LogP contribution in [0.1, 0.15) is 6.92 Å². The van der Waals surface area contributed by atoms with Crippen LogP contribution >= 0.6 is 0 Å². The summed E-state index contributed by atoms with van der Waals surface area (Å²) < 4.78 is 55.9. The van der Waals surface area contributed by atoms with Crippen molar-refractivity contribution in [1.82, 2.24) is 0 Å². The largest absolute Gasteiger partial charge is 0.394 e. The molecular formula is C3H10O7S2. The third-order valence-corrected chi connectivity index (χ3v) is 1.82. The first-order chi connectivity index (χ1) is 5.12. The second kappa shape index (κ2) is 5.43. The van der Waals surface area contributed by atoms with E-state index in [-0.39, 0.29) is 5.75 Å². The Morgan fingerprint density at radius 3 is 1.42 bits per heavy atom. The highest BCUT2D eigenvalue weighted by Crippen LogP contribution is 1.85. The van der Waals surface area contributed by atoms with Crippen LogP contribution in [-0.4, -0.2) is 38.8 Å². The summed E-state index contributed by atoms with van der Waals surface area (Å²) in [5.41, 5.74) is 0. The van der Waals surface area contributed by atoms with E-state index in [9.17, 15) is 8.42 Å². The summed E-state index contributed by atoms with van der Waals surface area (Å²) in [7, 11) is -6.67. The summed E-state index contributed by atoms with van der Waals surface area (Å²) in [5.74, 6) is 0.0451. The van der Waals surface area contributed by atoms with Gasteiger partial charge in [-0.1, -0.05) is 0 Å². The van der Waals surface area contributed by atoms with E-state index in [1.807, 2.05) is 0 Å². The molecule has 0 amide bonds. The summed E-state index contributed by atoms with van der Waals surface area (Å²) >= 11 is 0. The molecule has 0 saturated heterocycles. The summed E-state index contributed by atoms with van der Waals surface area (Å²) in [6.45, 7) is 1.53. The van der Waals surface area contributed by atoms with Gasteiger partial charge in [-0.2, -0.15) is 16.8 Å². The Bertz CT molecular complexity index is 267. The van der Waals surface area contributed by atoms with Gasteiger partial charge in [0.25, 0.3) is 10.1 Å². The molecule has 0 aliphatic heterocycles. The molecule has 7 nitrogen and oxygen atoms in total. The standard InChI is InChI=1S/C3H8O3S.H2O4S/c1-3-7(4,5)6-2;1-5(2,3)4/h3H2,1-2H3;(H2,1,2,3,4). The molecule has 0 aromatic carbocycles. The van der Waals surface area contributed by atoms with Crippen molar-refractivity contribution in [2.45, 2.75) is 6.92 Å². The van der Waals surface area contributed by atoms with E-state index in [0.29, 0.717) is 0 Å². The Morgan fingerprint density at radius 2 is 1.42 bits per heavy atom. The molecule has 2 N–H and O–H groups in total. The maximum atomic E-state index is 10.1. The molecule has 0 aliphatic carbocycles. The molecule has 0 aromatic heterocycles. The first kappa shape index (κ1) is 14.3. The molecule has 0 aliphatic rings. The van der Waals surface area contributed by atoms with Gasteiger partial charge in [0.2, 0.25) is 0 Å². The maximum absolute atomic E-state index is 10.1. The van der Waals surface area contributed by atoms with Crippen molar-refractivity contribution < 1.29 is 30.1 Å². The Hall–Kier alpha value is -0.220. The first-order valence-electron chi connectivity index (χ1n) is 2.60. The van der Waals surface area contributed by atoms with Crippen molar-refractivity contribution >= 4 is 20.5 Å². The van der Waals surface area contributed by atoms with E-state index in [0.717, 1.165) is 7.11 Å². The van der Waals surface area contributed by atoms with Gasteiger partial charge in [-0.25, -0.2) is 0 Å². The van der Waals surface area contributed by atoms with E-state index in [1.165, 1.54) is 6.92 Å². The van der Waals surface area contributed by atoms with E-state index in [1.54, 1.807) is 0 Å². The highest BCUT2D eigenvalue weighted by Gasteiger charge is 2.00. The SMILES string of the molecule is CCS(=O)(=O)OC.O=S(=O)(O)O. The lowest BCUT2D eigenvalue weighted by molar-refractivity contribution is 0.380. The van der Waals surface area contributed by atoms with E-state index >= 15 is 0 Å². The number of rotatable bonds is 2. The first-order valence-corrected chi connectivity index (χ1v) is 5.58. The van der Waals surface area contributed by atoms with Crippen LogP contribution < -0.4 is 0 Å². The normalized spacial score (nSPS) is 11.7. The predicted octanol–water partition coefficient (Wildman–Crippen LogP) is -0.670. The molecule has 0 fully saturated rings. The van der Waals surface area contributed by atoms with Crippen molar-refractivity contribution in [2.75, 3.05) is 12.9 Å². The minimum atomic E-state index is -4.67. The van der Waals surface area contributed by atoms with Crippen LogP contribution in [0, 0.1) is 0 Å². The monoisotopic (exact) mass is 222 g/mol. The summed E-state index contributed by atoms with van der Waals surface area (Å²) in [4.78, 5) is 0. The fourth-order valence-corrected chi connectivity index (χ4v) is 0.354. The van der Waals surface area contributed by atoms with Crippen LogP contribution in [0.5, 0.6) is 0 Å². The highest BCUT2D eigenvalue weighted by atomic mass is 32.3. The number of hydrogen-bond donors (Lipinski definition) is 2. The molecule has 9 heteroatoms. The zero-order valence-corrected chi connectivity index (χ0v) is 8.09. The smallest absolute Gasteiger partial charge is 0.273 e. The number of hydrogen-bond acceptors (Lipinski definition) is 5. The molecule has 0 radical (unpaired) electrons. The summed E-state index contributed by atoms with van der Waals surface area (Å²) in [6, 6.07) is 0. The molecule has 0 aromatic rings. The van der Waals surface area contributed by atoms with Gasteiger partial charge in [-0.05, 0) is 6.92 Å². The van der Waals surface area contributed by atoms with Crippen molar-refractivity contribution in [1.29, 1.82) is 0 Å². The molecule has 76 valence electrons. The molecule has 12 heavy (non-hydrogen) atoms. The van der Waals surface area contributed by atoms with Crippen molar-refractivity contribution in [3.05, 3.63) is 0 Å².